The minimum Gasteiger partial charge on any atom is -0.254 e. The topological polar surface area (TPSA) is 17.1 Å². The summed E-state index contributed by atoms with van der Waals surface area (Å²) in [5.74, 6) is 0.426. The second kappa shape index (κ2) is 7.64. The van der Waals surface area contributed by atoms with Crippen LogP contribution in [0.3, 0.4) is 0 Å². The normalized spacial score (nSPS) is 13.8. The number of halogens is 1. The maximum absolute atomic E-state index is 11.9. The molecule has 0 bridgehead atoms. The summed E-state index contributed by atoms with van der Waals surface area (Å²) in [5, 5.41) is 0.704. The average molecular weight is 257 g/mol. The minimum absolute atomic E-state index is 0.426. The lowest BCUT2D eigenvalue weighted by molar-refractivity contribution is 0.684. The Bertz CT molecular complexity index is 359. The molecule has 0 radical (unpaired) electrons. The van der Waals surface area contributed by atoms with Crippen molar-refractivity contribution in [1.29, 1.82) is 0 Å². The molecule has 88 valence electrons. The fourth-order valence-corrected chi connectivity index (χ4v) is 2.70. The van der Waals surface area contributed by atoms with Gasteiger partial charge in [0.25, 0.3) is 0 Å². The molecular weight excluding hydrogens is 240 g/mol. The van der Waals surface area contributed by atoms with Crippen LogP contribution < -0.4 is 0 Å². The molecule has 0 aliphatic rings. The van der Waals surface area contributed by atoms with Crippen molar-refractivity contribution in [3.8, 4) is 0 Å². The fourth-order valence-electron chi connectivity index (χ4n) is 1.30. The minimum atomic E-state index is -1.02. The molecule has 0 fully saturated rings. The highest BCUT2D eigenvalue weighted by Crippen LogP contribution is 2.13. The molecule has 0 spiro atoms. The number of unbranched alkanes of at least 4 members (excludes halogenated alkanes) is 2. The molecule has 16 heavy (non-hydrogen) atoms. The van der Waals surface area contributed by atoms with Gasteiger partial charge >= 0.3 is 0 Å². The lowest BCUT2D eigenvalue weighted by atomic mass is 10.2. The van der Waals surface area contributed by atoms with E-state index in [0.717, 1.165) is 24.2 Å². The first-order chi connectivity index (χ1) is 7.74. The SMILES string of the molecule is CCCC/C=C(\Cl)CS(=O)c1ccccc1. The van der Waals surface area contributed by atoms with Crippen molar-refractivity contribution in [3.63, 3.8) is 0 Å². The third-order valence-electron chi connectivity index (χ3n) is 2.20. The molecule has 1 nitrogen and oxygen atoms in total. The van der Waals surface area contributed by atoms with E-state index in [4.69, 9.17) is 11.6 Å². The summed E-state index contributed by atoms with van der Waals surface area (Å²) in [4.78, 5) is 0.838. The zero-order valence-electron chi connectivity index (χ0n) is 9.49. The molecule has 0 aliphatic heterocycles. The summed E-state index contributed by atoms with van der Waals surface area (Å²) in [6.45, 7) is 2.14. The summed E-state index contributed by atoms with van der Waals surface area (Å²) in [5.41, 5.74) is 0. The van der Waals surface area contributed by atoms with Crippen molar-refractivity contribution < 1.29 is 4.21 Å². The van der Waals surface area contributed by atoms with Crippen molar-refractivity contribution in [2.45, 2.75) is 31.1 Å². The van der Waals surface area contributed by atoms with Crippen molar-refractivity contribution in [2.24, 2.45) is 0 Å². The summed E-state index contributed by atoms with van der Waals surface area (Å²) in [6.07, 6.45) is 5.24. The van der Waals surface area contributed by atoms with E-state index in [1.54, 1.807) is 0 Å². The van der Waals surface area contributed by atoms with Crippen molar-refractivity contribution in [2.75, 3.05) is 5.75 Å². The third kappa shape index (κ3) is 4.95. The standard InChI is InChI=1S/C13H17ClOS/c1-2-3-5-8-12(14)11-16(15)13-9-6-4-7-10-13/h4,6-10H,2-3,5,11H2,1H3/b12-8-. The van der Waals surface area contributed by atoms with Crippen LogP contribution in [0.25, 0.3) is 0 Å². The van der Waals surface area contributed by atoms with E-state index in [9.17, 15) is 4.21 Å². The number of allylic oxidation sites excluding steroid dienone is 1. The van der Waals surface area contributed by atoms with Gasteiger partial charge in [0, 0.05) is 9.93 Å². The van der Waals surface area contributed by atoms with Gasteiger partial charge in [0.15, 0.2) is 0 Å². The Morgan fingerprint density at radius 3 is 2.69 bits per heavy atom. The van der Waals surface area contributed by atoms with Crippen molar-refractivity contribution in [3.05, 3.63) is 41.4 Å². The van der Waals surface area contributed by atoms with Gasteiger partial charge in [0.2, 0.25) is 0 Å². The molecule has 3 heteroatoms. The van der Waals surface area contributed by atoms with Crippen LogP contribution in [-0.2, 0) is 10.8 Å². The van der Waals surface area contributed by atoms with Gasteiger partial charge in [-0.1, -0.05) is 55.6 Å². The van der Waals surface area contributed by atoms with Crippen molar-refractivity contribution in [1.82, 2.24) is 0 Å². The van der Waals surface area contributed by atoms with E-state index in [1.165, 1.54) is 0 Å². The van der Waals surface area contributed by atoms with E-state index >= 15 is 0 Å². The molecule has 0 amide bonds. The monoisotopic (exact) mass is 256 g/mol. The summed E-state index contributed by atoms with van der Waals surface area (Å²) >= 11 is 6.03. The molecule has 1 unspecified atom stereocenters. The number of hydrogen-bond donors (Lipinski definition) is 0. The average Bonchev–Trinajstić information content (AvgIpc) is 2.30. The Balaban J connectivity index is 2.48. The highest BCUT2D eigenvalue weighted by atomic mass is 35.5. The maximum Gasteiger partial charge on any atom is 0.0637 e. The van der Waals surface area contributed by atoms with Crippen LogP contribution in [0.4, 0.5) is 0 Å². The molecule has 0 aromatic heterocycles. The highest BCUT2D eigenvalue weighted by Gasteiger charge is 2.04. The van der Waals surface area contributed by atoms with Crippen LogP contribution in [0.15, 0.2) is 46.3 Å². The summed E-state index contributed by atoms with van der Waals surface area (Å²) < 4.78 is 11.9. The van der Waals surface area contributed by atoms with Gasteiger partial charge in [0.1, 0.15) is 0 Å². The molecule has 0 aliphatic carbocycles. The zero-order chi connectivity index (χ0) is 11.8. The lowest BCUT2D eigenvalue weighted by Gasteiger charge is -2.01. The molecule has 0 saturated heterocycles. The van der Waals surface area contributed by atoms with Crippen molar-refractivity contribution >= 4 is 22.4 Å². The van der Waals surface area contributed by atoms with Crippen LogP contribution in [0.2, 0.25) is 0 Å². The zero-order valence-corrected chi connectivity index (χ0v) is 11.1. The van der Waals surface area contributed by atoms with Crippen LogP contribution in [-0.4, -0.2) is 9.96 Å². The summed E-state index contributed by atoms with van der Waals surface area (Å²) in [7, 11) is -1.02. The molecule has 0 heterocycles. The summed E-state index contributed by atoms with van der Waals surface area (Å²) in [6, 6.07) is 9.43. The van der Waals surface area contributed by atoms with Gasteiger partial charge in [-0.25, -0.2) is 0 Å². The first kappa shape index (κ1) is 13.5. The lowest BCUT2D eigenvalue weighted by Crippen LogP contribution is -1.97. The molecule has 1 aromatic rings. The van der Waals surface area contributed by atoms with Gasteiger partial charge in [-0.3, -0.25) is 4.21 Å². The van der Waals surface area contributed by atoms with E-state index in [0.29, 0.717) is 10.8 Å². The Labute approximate surface area is 105 Å². The molecule has 1 rings (SSSR count). The van der Waals surface area contributed by atoms with Crippen LogP contribution in [0.5, 0.6) is 0 Å². The second-order valence-corrected chi connectivity index (χ2v) is 5.53. The molecule has 1 aromatic carbocycles. The first-order valence-corrected chi connectivity index (χ1v) is 7.21. The van der Waals surface area contributed by atoms with Crippen LogP contribution in [0.1, 0.15) is 26.2 Å². The molecule has 0 saturated carbocycles. The van der Waals surface area contributed by atoms with Crippen LogP contribution in [0, 0.1) is 0 Å². The van der Waals surface area contributed by atoms with Gasteiger partial charge in [-0.2, -0.15) is 0 Å². The van der Waals surface area contributed by atoms with Gasteiger partial charge in [-0.15, -0.1) is 0 Å². The van der Waals surface area contributed by atoms with E-state index < -0.39 is 10.8 Å². The molecule has 0 N–H and O–H groups in total. The fraction of sp³-hybridized carbons (Fsp3) is 0.385. The predicted molar refractivity (Wildman–Crippen MR) is 71.2 cm³/mol. The first-order valence-electron chi connectivity index (χ1n) is 5.52. The molecule has 1 atom stereocenters. The van der Waals surface area contributed by atoms with Crippen LogP contribution >= 0.6 is 11.6 Å². The molecular formula is C13H17ClOS. The van der Waals surface area contributed by atoms with E-state index in [2.05, 4.69) is 6.92 Å². The Kier molecular flexibility index (Phi) is 6.43. The van der Waals surface area contributed by atoms with E-state index in [1.807, 2.05) is 36.4 Å². The second-order valence-electron chi connectivity index (χ2n) is 3.60. The predicted octanol–water partition coefficient (Wildman–Crippen LogP) is 4.11. The van der Waals surface area contributed by atoms with Gasteiger partial charge in [0.05, 0.1) is 16.6 Å². The highest BCUT2D eigenvalue weighted by molar-refractivity contribution is 7.85. The van der Waals surface area contributed by atoms with E-state index in [-0.39, 0.29) is 0 Å². The Morgan fingerprint density at radius 2 is 2.06 bits per heavy atom. The van der Waals surface area contributed by atoms with Gasteiger partial charge < -0.3 is 0 Å². The quantitative estimate of drug-likeness (QED) is 0.700. The maximum atomic E-state index is 11.9. The Hall–Kier alpha value is -0.600. The van der Waals surface area contributed by atoms with Gasteiger partial charge in [-0.05, 0) is 18.6 Å². The largest absolute Gasteiger partial charge is 0.254 e. The number of benzene rings is 1. The Morgan fingerprint density at radius 1 is 1.38 bits per heavy atom. The number of rotatable bonds is 6. The smallest absolute Gasteiger partial charge is 0.0637 e. The number of hydrogen-bond acceptors (Lipinski definition) is 1. The third-order valence-corrected chi connectivity index (χ3v) is 4.02.